The Morgan fingerprint density at radius 1 is 0.133 bits per heavy atom. The largest absolute Gasteiger partial charge is 0.313 e. The van der Waals surface area contributed by atoms with Crippen molar-refractivity contribution in [1.82, 2.24) is 71.8 Å². The lowest BCUT2D eigenvalue weighted by Gasteiger charge is -2.22. The summed E-state index contributed by atoms with van der Waals surface area (Å²) in [6.07, 6.45) is 6.67. The van der Waals surface area contributed by atoms with Crippen LogP contribution in [0.2, 0.25) is 0 Å². The van der Waals surface area contributed by atoms with Gasteiger partial charge in [0.05, 0.1) is 83.3 Å². The Bertz CT molecular complexity index is 10800. The van der Waals surface area contributed by atoms with Gasteiger partial charge in [-0.3, -0.25) is 0 Å². The summed E-state index contributed by atoms with van der Waals surface area (Å²) in [6, 6.07) is 167. The van der Waals surface area contributed by atoms with Gasteiger partial charge >= 0.3 is 0 Å². The molecule has 0 fully saturated rings. The maximum atomic E-state index is 4.99. The van der Waals surface area contributed by atoms with Gasteiger partial charge in [-0.05, 0) is 163 Å². The SMILES string of the molecule is c1ccc(-c2nc(-c3ccccc3)nc(-c3ccc(-c4ccc5c6cc7cccc8ccn9c%10ccccc%10n(c5c4)c6c-9c87)cc3)n2)cc1.c1ccc(-c2nc(-c3ccccc3)nc(-c3ccc(-c4cccc5c4c4cc6cccc7ccn8c9ccccc9n5c4c-8c76)cc3)n2)cc1.c1ccc(-c2nc(-c3ccccc3)nc(-c3cccc(-c4ccc5c6cc7cccc8ccn9c%10ccccc%10n(c5c4)c6c-9c87)c3)n2)cc1. The van der Waals surface area contributed by atoms with Crippen molar-refractivity contribution in [2.24, 2.45) is 0 Å². The van der Waals surface area contributed by atoms with Crippen molar-refractivity contribution in [2.45, 2.75) is 0 Å². The molecule has 6 aliphatic heterocycles. The second-order valence-corrected chi connectivity index (χ2v) is 38.7. The molecule has 0 saturated carbocycles. The van der Waals surface area contributed by atoms with Crippen LogP contribution >= 0.6 is 0 Å². The minimum absolute atomic E-state index is 0.646. The molecular weight excluding hydrogens is 1830 g/mol. The molecule has 0 unspecified atom stereocenters. The fourth-order valence-corrected chi connectivity index (χ4v) is 23.5. The second-order valence-electron chi connectivity index (χ2n) is 38.7. The highest BCUT2D eigenvalue weighted by Crippen LogP contribution is 2.51. The molecular formula is C135H81N15. The van der Waals surface area contributed by atoms with Crippen molar-refractivity contribution < 1.29 is 0 Å². The molecule has 21 aromatic carbocycles. The summed E-state index contributed by atoms with van der Waals surface area (Å²) < 4.78 is 14.5. The average molecular weight is 1910 g/mol. The van der Waals surface area contributed by atoms with Gasteiger partial charge in [0.2, 0.25) is 0 Å². The maximum absolute atomic E-state index is 4.99. The van der Waals surface area contributed by atoms with Crippen molar-refractivity contribution in [1.29, 1.82) is 0 Å². The first kappa shape index (κ1) is 84.0. The van der Waals surface area contributed by atoms with Gasteiger partial charge in [0, 0.05) is 117 Å². The number of aromatic nitrogens is 15. The van der Waals surface area contributed by atoms with E-state index in [-0.39, 0.29) is 0 Å². The van der Waals surface area contributed by atoms with E-state index in [9.17, 15) is 0 Å². The zero-order valence-corrected chi connectivity index (χ0v) is 80.5. The molecule has 696 valence electrons. The highest BCUT2D eigenvalue weighted by molar-refractivity contribution is 6.28. The number of benzene rings is 21. The number of hydrogen-bond acceptors (Lipinski definition) is 9. The first-order valence-corrected chi connectivity index (χ1v) is 50.6. The van der Waals surface area contributed by atoms with Gasteiger partial charge in [-0.2, -0.15) is 0 Å². The van der Waals surface area contributed by atoms with Crippen LogP contribution in [0.5, 0.6) is 0 Å². The summed E-state index contributed by atoms with van der Waals surface area (Å²) in [6.45, 7) is 0. The lowest BCUT2D eigenvalue weighted by molar-refractivity contribution is 1.07. The monoisotopic (exact) mass is 1910 g/mol. The van der Waals surface area contributed by atoms with Crippen LogP contribution in [0.3, 0.4) is 0 Å². The highest BCUT2D eigenvalue weighted by atomic mass is 15.1. The van der Waals surface area contributed by atoms with E-state index in [0.29, 0.717) is 52.4 Å². The van der Waals surface area contributed by atoms with Gasteiger partial charge in [0.1, 0.15) is 0 Å². The van der Waals surface area contributed by atoms with E-state index in [0.717, 1.165) is 77.9 Å². The van der Waals surface area contributed by atoms with Crippen LogP contribution in [-0.2, 0) is 0 Å². The Kier molecular flexibility index (Phi) is 18.8. The molecule has 0 radical (unpaired) electrons. The van der Waals surface area contributed by atoms with Crippen molar-refractivity contribution >= 4 is 147 Å². The van der Waals surface area contributed by atoms with Crippen LogP contribution in [0.4, 0.5) is 0 Å². The summed E-state index contributed by atoms with van der Waals surface area (Å²) in [5.74, 6) is 5.89. The van der Waals surface area contributed by atoms with Crippen LogP contribution in [-0.4, -0.2) is 71.8 Å². The van der Waals surface area contributed by atoms with E-state index in [1.54, 1.807) is 0 Å². The van der Waals surface area contributed by atoms with E-state index < -0.39 is 0 Å². The standard InChI is InChI=1S/3C45H27N5/c1-3-11-29(12-4-1)43-46-44(30-13-5-2-6-14-30)48-45(47-43)34-18-10-16-31(25-34)32-21-22-35-36-26-33-17-9-15-28-23-24-49-37-19-7-8-20-38(37)50(39(35)27-32)41(36)42(49)40(28)33;1-3-11-30(12-4-1)43-46-44(31-13-5-2-6-14-31)48-45(47-43)32-23-21-28(22-24-32)34-17-10-20-38-40(34)35-27-33-16-9-15-29-25-26-49-36-18-7-8-19-37(36)50(38)41(35)42(49)39(29)33;1-3-10-30(11-4-1)43-46-44(31-12-5-2-6-13-31)48-45(47-43)32-20-18-28(19-21-32)33-22-23-35-36-26-34-15-9-14-29-24-25-49-37-16-7-8-17-38(37)50(39(35)27-33)41(36)42(49)40(29)34/h3*1-27H. The third-order valence-electron chi connectivity index (χ3n) is 30.3. The highest BCUT2D eigenvalue weighted by Gasteiger charge is 2.31. The maximum Gasteiger partial charge on any atom is 0.164 e. The van der Waals surface area contributed by atoms with Gasteiger partial charge in [0.15, 0.2) is 52.4 Å². The lowest BCUT2D eigenvalue weighted by atomic mass is 9.95. The average Bonchev–Trinajstić information content (AvgIpc) is 1.50. The van der Waals surface area contributed by atoms with E-state index in [2.05, 4.69) is 337 Å². The predicted molar refractivity (Wildman–Crippen MR) is 613 cm³/mol. The summed E-state index contributed by atoms with van der Waals surface area (Å²) in [5, 5.41) is 19.0. The Hall–Kier alpha value is -20.6. The Labute approximate surface area is 857 Å². The molecule has 0 bridgehead atoms. The molecule has 33 rings (SSSR count). The molecule has 15 nitrogen and oxygen atoms in total. The van der Waals surface area contributed by atoms with Crippen molar-refractivity contribution in [2.75, 3.05) is 0 Å². The third-order valence-corrected chi connectivity index (χ3v) is 30.3. The Morgan fingerprint density at radius 2 is 0.380 bits per heavy atom. The fourth-order valence-electron chi connectivity index (χ4n) is 23.5. The van der Waals surface area contributed by atoms with Gasteiger partial charge in [-0.1, -0.05) is 376 Å². The van der Waals surface area contributed by atoms with Gasteiger partial charge in [-0.25, -0.2) is 44.9 Å². The fraction of sp³-hybridized carbons (Fsp3) is 0. The number of fused-ring (bicyclic) bond motifs is 18. The van der Waals surface area contributed by atoms with E-state index in [1.165, 1.54) is 170 Å². The summed E-state index contributed by atoms with van der Waals surface area (Å²) in [4.78, 5) is 44.4. The molecule has 0 atom stereocenters. The van der Waals surface area contributed by atoms with Crippen LogP contribution < -0.4 is 0 Å². The summed E-state index contributed by atoms with van der Waals surface area (Å²) >= 11 is 0. The first-order chi connectivity index (χ1) is 74.4. The number of pyridine rings is 3. The molecule has 27 aromatic rings. The van der Waals surface area contributed by atoms with E-state index in [4.69, 9.17) is 44.9 Å². The Balaban J connectivity index is 0.000000101. The topological polar surface area (TPSA) is 144 Å². The number of nitrogens with zero attached hydrogens (tertiary/aromatic N) is 15. The normalized spacial score (nSPS) is 12.0. The summed E-state index contributed by atoms with van der Waals surface area (Å²) in [5.41, 5.74) is 33.7. The van der Waals surface area contributed by atoms with E-state index >= 15 is 0 Å². The quantitative estimate of drug-likeness (QED) is 0.0862. The second kappa shape index (κ2) is 33.5. The van der Waals surface area contributed by atoms with Crippen molar-refractivity contribution in [3.8, 4) is 153 Å². The molecule has 6 aliphatic rings. The smallest absolute Gasteiger partial charge is 0.164 e. The van der Waals surface area contributed by atoms with Crippen LogP contribution in [0, 0.1) is 0 Å². The van der Waals surface area contributed by atoms with Crippen molar-refractivity contribution in [3.63, 3.8) is 0 Å². The molecule has 150 heavy (non-hydrogen) atoms. The molecule has 12 heterocycles. The van der Waals surface area contributed by atoms with Gasteiger partial charge in [-0.15, -0.1) is 0 Å². The molecule has 6 aromatic heterocycles. The molecule has 0 amide bonds. The first-order valence-electron chi connectivity index (χ1n) is 50.6. The van der Waals surface area contributed by atoms with Crippen LogP contribution in [0.25, 0.3) is 300 Å². The number of rotatable bonds is 12. The molecule has 0 N–H and O–H groups in total. The third kappa shape index (κ3) is 13.3. The van der Waals surface area contributed by atoms with Crippen LogP contribution in [0.15, 0.2) is 492 Å². The zero-order valence-electron chi connectivity index (χ0n) is 80.5. The number of hydrogen-bond donors (Lipinski definition) is 0. The molecule has 0 aliphatic carbocycles. The number of para-hydroxylation sites is 6. The lowest BCUT2D eigenvalue weighted by Crippen LogP contribution is -2.06. The molecule has 0 spiro atoms. The zero-order chi connectivity index (χ0) is 98.3. The molecule has 0 saturated heterocycles. The van der Waals surface area contributed by atoms with Gasteiger partial charge < -0.3 is 26.9 Å². The minimum Gasteiger partial charge on any atom is -0.313 e. The predicted octanol–water partition coefficient (Wildman–Crippen LogP) is 33.2. The van der Waals surface area contributed by atoms with Crippen LogP contribution in [0.1, 0.15) is 0 Å². The molecule has 15 heteroatoms. The van der Waals surface area contributed by atoms with Crippen molar-refractivity contribution in [3.05, 3.63) is 492 Å². The van der Waals surface area contributed by atoms with Gasteiger partial charge in [0.25, 0.3) is 0 Å². The van der Waals surface area contributed by atoms with E-state index in [1.807, 2.05) is 182 Å². The Morgan fingerprint density at radius 3 is 0.747 bits per heavy atom. The minimum atomic E-state index is 0.646. The summed E-state index contributed by atoms with van der Waals surface area (Å²) in [7, 11) is 0.